The Bertz CT molecular complexity index is 2580. The number of amides is 7. The Morgan fingerprint density at radius 1 is 0.617 bits per heavy atom. The number of nitrogens with zero attached hydrogens (tertiary/aromatic N) is 9. The summed E-state index contributed by atoms with van der Waals surface area (Å²) in [7, 11) is 2.59. The number of aliphatic carboxylic acids is 1. The molecule has 4 unspecified atom stereocenters. The second-order valence-corrected chi connectivity index (χ2v) is 22.8. The van der Waals surface area contributed by atoms with Crippen LogP contribution in [0.2, 0.25) is 0 Å². The van der Waals surface area contributed by atoms with Crippen molar-refractivity contribution in [2.45, 2.75) is 124 Å². The van der Waals surface area contributed by atoms with Gasteiger partial charge in [-0.05, 0) is 67.9 Å². The van der Waals surface area contributed by atoms with Gasteiger partial charge in [-0.25, -0.2) is 29.0 Å². The van der Waals surface area contributed by atoms with Crippen molar-refractivity contribution in [2.75, 3.05) is 98.1 Å². The highest BCUT2D eigenvalue weighted by Crippen LogP contribution is 2.29. The smallest absolute Gasteiger partial charge is 0.410 e. The minimum atomic E-state index is -1.12. The van der Waals surface area contributed by atoms with Crippen LogP contribution in [0.3, 0.4) is 0 Å². The van der Waals surface area contributed by atoms with Gasteiger partial charge in [0.05, 0.1) is 45.3 Å². The number of aromatic nitrogens is 1. The lowest BCUT2D eigenvalue weighted by Gasteiger charge is -2.39. The lowest BCUT2D eigenvalue weighted by molar-refractivity contribution is -0.155. The molecule has 28 heteroatoms. The van der Waals surface area contributed by atoms with Crippen LogP contribution in [0.25, 0.3) is 10.4 Å². The number of piperazine rings is 4. The van der Waals surface area contributed by atoms with Crippen LogP contribution in [0.4, 0.5) is 19.5 Å². The van der Waals surface area contributed by atoms with Gasteiger partial charge in [-0.2, -0.15) is 5.26 Å². The molecule has 448 valence electrons. The third-order valence-corrected chi connectivity index (χ3v) is 12.9. The molecule has 7 amide bonds. The van der Waals surface area contributed by atoms with Crippen LogP contribution in [0, 0.1) is 11.5 Å². The molecule has 4 aliphatic heterocycles. The largest absolute Gasteiger partial charge is 0.480 e. The van der Waals surface area contributed by atoms with Gasteiger partial charge in [-0.3, -0.25) is 24.0 Å². The minimum absolute atomic E-state index is 0.0518. The minimum Gasteiger partial charge on any atom is -0.480 e. The number of methoxy groups -OCH3 is 2. The van der Waals surface area contributed by atoms with Crippen LogP contribution in [0.5, 0.6) is 0 Å². The number of thiazole rings is 1. The molecule has 6 rings (SSSR count). The van der Waals surface area contributed by atoms with Crippen molar-refractivity contribution in [2.24, 2.45) is 0 Å². The number of anilines is 1. The Labute approximate surface area is 476 Å². The van der Waals surface area contributed by atoms with Crippen molar-refractivity contribution in [3.05, 3.63) is 36.5 Å². The van der Waals surface area contributed by atoms with Gasteiger partial charge in [-0.1, -0.05) is 41.7 Å². The normalized spacial score (nSPS) is 19.2. The van der Waals surface area contributed by atoms with E-state index in [9.17, 15) is 47.9 Å². The predicted octanol–water partition coefficient (Wildman–Crippen LogP) is 3.30. The van der Waals surface area contributed by atoms with Gasteiger partial charge in [0.2, 0.25) is 17.7 Å². The van der Waals surface area contributed by atoms with Crippen LogP contribution in [0.1, 0.15) is 83.1 Å². The maximum atomic E-state index is 12.6. The Balaban J connectivity index is 0.000000287. The number of rotatable bonds is 6. The number of hydrogen-bond acceptors (Lipinski definition) is 20. The maximum absolute atomic E-state index is 12.6. The molecule has 0 aliphatic carbocycles. The van der Waals surface area contributed by atoms with E-state index in [1.807, 2.05) is 57.3 Å². The van der Waals surface area contributed by atoms with Gasteiger partial charge in [0.25, 0.3) is 5.91 Å². The van der Waals surface area contributed by atoms with Gasteiger partial charge >= 0.3 is 36.2 Å². The highest BCUT2D eigenvalue weighted by molar-refractivity contribution is 7.19. The van der Waals surface area contributed by atoms with Crippen molar-refractivity contribution in [3.8, 4) is 16.6 Å². The first-order chi connectivity index (χ1) is 37.7. The first-order valence-corrected chi connectivity index (χ1v) is 26.8. The van der Waals surface area contributed by atoms with Crippen molar-refractivity contribution in [1.29, 1.82) is 5.26 Å². The molecule has 4 fully saturated rings. The maximum Gasteiger partial charge on any atom is 0.410 e. The van der Waals surface area contributed by atoms with Gasteiger partial charge in [0.15, 0.2) is 11.3 Å². The van der Waals surface area contributed by atoms with E-state index in [0.717, 1.165) is 10.4 Å². The number of ether oxygens (including phenoxy) is 5. The molecule has 0 bridgehead atoms. The zero-order valence-corrected chi connectivity index (χ0v) is 49.6. The van der Waals surface area contributed by atoms with Crippen LogP contribution in [0.15, 0.2) is 36.5 Å². The standard InChI is InChI=1S/C17H17N5O2S.C13H22N2O5.C12H20N2O5.C11H20N2O4/c1-12(23)22-8-7-21(11-18)10-14(22)16(24)20-17-19-9-15(25-17)13-5-3-2-4-6-13;1-9(16)15-7-6-14(8-10(15)11(17)19-5)12(18)20-13(2,3)4;1-8(15)14-6-5-13(7-9(14)10(16)17)11(18)19-12(2,3)4;1-11(2,3)17-10(15)13-6-5-12-8(7-13)9(14)16-4/h2-6,9,14H,7-8,10H2,1H3,(H,19,20,24);10H,6-8H2,1-5H3;9H,5-7H2,1-4H3,(H,16,17);8,12H,5-7H2,1-4H3. The topological polar surface area (TPSA) is 320 Å². The molecule has 0 spiro atoms. The van der Waals surface area contributed by atoms with E-state index in [2.05, 4.69) is 25.1 Å². The molecule has 27 nitrogen and oxygen atoms in total. The third kappa shape index (κ3) is 22.0. The number of carbonyl (C=O) groups is 10. The Hall–Kier alpha value is -7.80. The number of carboxylic acids is 1. The van der Waals surface area contributed by atoms with Crippen molar-refractivity contribution < 1.29 is 76.7 Å². The van der Waals surface area contributed by atoms with Gasteiger partial charge < -0.3 is 73.7 Å². The predicted molar refractivity (Wildman–Crippen MR) is 294 cm³/mol. The summed E-state index contributed by atoms with van der Waals surface area (Å²) < 4.78 is 25.0. The van der Waals surface area contributed by atoms with E-state index in [0.29, 0.717) is 37.9 Å². The van der Waals surface area contributed by atoms with Gasteiger partial charge in [0.1, 0.15) is 41.0 Å². The fourth-order valence-electron chi connectivity index (χ4n) is 8.13. The first-order valence-electron chi connectivity index (χ1n) is 26.0. The first kappa shape index (κ1) is 67.5. The van der Waals surface area contributed by atoms with E-state index >= 15 is 0 Å². The summed E-state index contributed by atoms with van der Waals surface area (Å²) in [6.45, 7) is 23.6. The summed E-state index contributed by atoms with van der Waals surface area (Å²) in [5.74, 6) is -3.05. The summed E-state index contributed by atoms with van der Waals surface area (Å²) in [4.78, 5) is 132. The Morgan fingerprint density at radius 2 is 1.06 bits per heavy atom. The molecule has 4 atom stereocenters. The second-order valence-electron chi connectivity index (χ2n) is 21.8. The summed E-state index contributed by atoms with van der Waals surface area (Å²) in [5, 5.41) is 24.4. The molecule has 2 aromatic rings. The zero-order valence-electron chi connectivity index (χ0n) is 48.8. The molecule has 4 saturated heterocycles. The van der Waals surface area contributed by atoms with Crippen LogP contribution < -0.4 is 10.6 Å². The molecular formula is C53H79N11O16S. The van der Waals surface area contributed by atoms with Gasteiger partial charge in [-0.15, -0.1) is 0 Å². The fraction of sp³-hybridized carbons (Fsp3) is 0.623. The number of esters is 2. The average Bonchev–Trinajstić information content (AvgIpc) is 3.89. The lowest BCUT2D eigenvalue weighted by Crippen LogP contribution is -2.59. The van der Waals surface area contributed by atoms with Gasteiger partial charge in [0, 0.05) is 79.3 Å². The molecule has 3 N–H and O–H groups in total. The SMILES string of the molecule is CC(=O)N1CCN(C#N)CC1C(=O)Nc1ncc(-c2ccccc2)s1.CC(=O)N1CCN(C(=O)OC(C)(C)C)CC1C(=O)O.COC(=O)C1CN(C(=O)OC(C)(C)C)CCN1.COC(=O)C1CN(C(=O)OC(C)(C)C)CCN1C(C)=O. The van der Waals surface area contributed by atoms with Crippen LogP contribution in [-0.2, 0) is 57.2 Å². The number of nitriles is 1. The molecular weight excluding hydrogens is 1080 g/mol. The number of nitrogens with one attached hydrogen (secondary N) is 2. The summed E-state index contributed by atoms with van der Waals surface area (Å²) >= 11 is 1.37. The molecule has 0 radical (unpaired) electrons. The molecule has 1 aromatic heterocycles. The van der Waals surface area contributed by atoms with Crippen molar-refractivity contribution >= 4 is 76.3 Å². The molecule has 81 heavy (non-hydrogen) atoms. The summed E-state index contributed by atoms with van der Waals surface area (Å²) in [5.41, 5.74) is -0.731. The second kappa shape index (κ2) is 30.1. The highest BCUT2D eigenvalue weighted by atomic mass is 32.1. The van der Waals surface area contributed by atoms with E-state index in [4.69, 9.17) is 24.6 Å². The molecule has 1 aromatic carbocycles. The Morgan fingerprint density at radius 3 is 1.51 bits per heavy atom. The van der Waals surface area contributed by atoms with E-state index in [1.165, 1.54) is 80.6 Å². The van der Waals surface area contributed by atoms with E-state index in [1.54, 1.807) is 47.7 Å². The Kier molecular flexibility index (Phi) is 25.1. The highest BCUT2D eigenvalue weighted by Gasteiger charge is 2.40. The van der Waals surface area contributed by atoms with Crippen molar-refractivity contribution in [1.82, 2.24) is 44.6 Å². The summed E-state index contributed by atoms with van der Waals surface area (Å²) in [6, 6.07) is 6.81. The van der Waals surface area contributed by atoms with E-state index < -0.39 is 71.2 Å². The van der Waals surface area contributed by atoms with Crippen LogP contribution in [-0.4, -0.2) is 238 Å². The number of carbonyl (C=O) groups excluding carboxylic acids is 9. The van der Waals surface area contributed by atoms with Crippen LogP contribution >= 0.6 is 11.3 Å². The summed E-state index contributed by atoms with van der Waals surface area (Å²) in [6.07, 6.45) is 2.31. The molecule has 5 heterocycles. The number of carboxylic acid groups (broad SMARTS) is 1. The number of benzene rings is 1. The quantitative estimate of drug-likeness (QED) is 0.212. The van der Waals surface area contributed by atoms with Crippen molar-refractivity contribution in [3.63, 3.8) is 0 Å². The number of hydrogen-bond donors (Lipinski definition) is 3. The molecule has 0 saturated carbocycles. The lowest BCUT2D eigenvalue weighted by atomic mass is 10.1. The fourth-order valence-corrected chi connectivity index (χ4v) is 8.95. The zero-order chi connectivity index (χ0) is 61.2. The van der Waals surface area contributed by atoms with E-state index in [-0.39, 0.29) is 75.4 Å². The molecule has 4 aliphatic rings. The average molecular weight is 1160 g/mol. The monoisotopic (exact) mass is 1160 g/mol. The third-order valence-electron chi connectivity index (χ3n) is 12.0.